The molecule has 2 N–H and O–H groups in total. The smallest absolute Gasteiger partial charge is 0.128 e. The van der Waals surface area contributed by atoms with Crippen molar-refractivity contribution in [1.82, 2.24) is 9.55 Å². The molecule has 0 atom stereocenters. The minimum absolute atomic E-state index is 0.408. The summed E-state index contributed by atoms with van der Waals surface area (Å²) in [5.41, 5.74) is 5.44. The van der Waals surface area contributed by atoms with Crippen LogP contribution >= 0.6 is 11.6 Å². The van der Waals surface area contributed by atoms with Crippen molar-refractivity contribution in [3.8, 4) is 0 Å². The average Bonchev–Trinajstić information content (AvgIpc) is 2.43. The Morgan fingerprint density at radius 1 is 1.62 bits per heavy atom. The zero-order valence-electron chi connectivity index (χ0n) is 8.13. The summed E-state index contributed by atoms with van der Waals surface area (Å²) < 4.78 is 2.03. The lowest BCUT2D eigenvalue weighted by Crippen LogP contribution is -2.09. The summed E-state index contributed by atoms with van der Waals surface area (Å²) in [4.78, 5) is 4.26. The van der Waals surface area contributed by atoms with Gasteiger partial charge in [0, 0.05) is 12.5 Å². The molecule has 1 aromatic heterocycles. The number of nitrogens with two attached hydrogens (primary N) is 1. The molecule has 1 heterocycles. The van der Waals surface area contributed by atoms with Gasteiger partial charge in [-0.3, -0.25) is 0 Å². The van der Waals surface area contributed by atoms with E-state index in [1.807, 2.05) is 4.57 Å². The largest absolute Gasteiger partial charge is 0.330 e. The lowest BCUT2D eigenvalue weighted by Gasteiger charge is -2.10. The summed E-state index contributed by atoms with van der Waals surface area (Å²) in [7, 11) is 0. The van der Waals surface area contributed by atoms with E-state index in [0.717, 1.165) is 18.8 Å². The predicted octanol–water partition coefficient (Wildman–Crippen LogP) is 2.01. The Labute approximate surface area is 83.9 Å². The molecule has 0 aliphatic rings. The molecule has 0 aliphatic heterocycles. The first-order valence-corrected chi connectivity index (χ1v) is 4.95. The Balaban J connectivity index is 2.82. The first kappa shape index (κ1) is 10.5. The minimum atomic E-state index is 0.408. The van der Waals surface area contributed by atoms with E-state index in [-0.39, 0.29) is 0 Å². The molecule has 0 spiro atoms. The number of imidazole rings is 1. The topological polar surface area (TPSA) is 43.8 Å². The molecule has 74 valence electrons. The number of halogens is 1. The van der Waals surface area contributed by atoms with Crippen molar-refractivity contribution < 1.29 is 0 Å². The number of aromatic nitrogens is 2. The van der Waals surface area contributed by atoms with E-state index in [9.17, 15) is 0 Å². The van der Waals surface area contributed by atoms with Gasteiger partial charge in [-0.25, -0.2) is 4.98 Å². The molecule has 1 aromatic rings. The SMILES string of the molecule is CC(C)c1ncc(Cl)n1CCCN. The Morgan fingerprint density at radius 2 is 2.31 bits per heavy atom. The van der Waals surface area contributed by atoms with Crippen molar-refractivity contribution >= 4 is 11.6 Å². The molecule has 0 fully saturated rings. The fraction of sp³-hybridized carbons (Fsp3) is 0.667. The van der Waals surface area contributed by atoms with Crippen molar-refractivity contribution in [3.05, 3.63) is 17.2 Å². The predicted molar refractivity (Wildman–Crippen MR) is 55.0 cm³/mol. The van der Waals surface area contributed by atoms with Crippen LogP contribution in [0.25, 0.3) is 0 Å². The fourth-order valence-corrected chi connectivity index (χ4v) is 1.52. The van der Waals surface area contributed by atoms with Gasteiger partial charge < -0.3 is 10.3 Å². The molecule has 0 saturated carbocycles. The van der Waals surface area contributed by atoms with Crippen LogP contribution in [0.5, 0.6) is 0 Å². The third-order valence-corrected chi connectivity index (χ3v) is 2.24. The molecule has 0 amide bonds. The normalized spacial score (nSPS) is 11.2. The Hall–Kier alpha value is -0.540. The van der Waals surface area contributed by atoms with Crippen molar-refractivity contribution in [3.63, 3.8) is 0 Å². The maximum Gasteiger partial charge on any atom is 0.128 e. The number of hydrogen-bond acceptors (Lipinski definition) is 2. The molecule has 0 aliphatic carbocycles. The molecule has 4 heteroatoms. The van der Waals surface area contributed by atoms with Crippen LogP contribution in [0.4, 0.5) is 0 Å². The summed E-state index contributed by atoms with van der Waals surface area (Å²) in [5, 5.41) is 0.706. The van der Waals surface area contributed by atoms with E-state index < -0.39 is 0 Å². The third-order valence-electron chi connectivity index (χ3n) is 1.94. The van der Waals surface area contributed by atoms with Gasteiger partial charge in [-0.05, 0) is 13.0 Å². The van der Waals surface area contributed by atoms with Gasteiger partial charge in [-0.15, -0.1) is 0 Å². The van der Waals surface area contributed by atoms with Crippen LogP contribution in [0.2, 0.25) is 5.15 Å². The van der Waals surface area contributed by atoms with Gasteiger partial charge in [0.25, 0.3) is 0 Å². The standard InChI is InChI=1S/C9H16ClN3/c1-7(2)9-12-6-8(10)13(9)5-3-4-11/h6-7H,3-5,11H2,1-2H3. The molecular formula is C9H16ClN3. The summed E-state index contributed by atoms with van der Waals surface area (Å²) in [6.07, 6.45) is 2.64. The quantitative estimate of drug-likeness (QED) is 0.810. The van der Waals surface area contributed by atoms with Crippen LogP contribution < -0.4 is 5.73 Å². The zero-order chi connectivity index (χ0) is 9.84. The van der Waals surface area contributed by atoms with Gasteiger partial charge >= 0.3 is 0 Å². The Kier molecular flexibility index (Phi) is 3.75. The minimum Gasteiger partial charge on any atom is -0.330 e. The second-order valence-electron chi connectivity index (χ2n) is 3.39. The molecule has 3 nitrogen and oxygen atoms in total. The first-order valence-electron chi connectivity index (χ1n) is 4.57. The van der Waals surface area contributed by atoms with Crippen LogP contribution in [-0.4, -0.2) is 16.1 Å². The first-order chi connectivity index (χ1) is 6.16. The van der Waals surface area contributed by atoms with Gasteiger partial charge in [-0.2, -0.15) is 0 Å². The van der Waals surface area contributed by atoms with E-state index in [2.05, 4.69) is 18.8 Å². The maximum absolute atomic E-state index is 5.98. The van der Waals surface area contributed by atoms with Crippen LogP contribution in [-0.2, 0) is 6.54 Å². The molecule has 0 bridgehead atoms. The van der Waals surface area contributed by atoms with E-state index in [1.54, 1.807) is 6.20 Å². The second kappa shape index (κ2) is 4.63. The van der Waals surface area contributed by atoms with E-state index in [1.165, 1.54) is 0 Å². The molecular weight excluding hydrogens is 186 g/mol. The number of hydrogen-bond donors (Lipinski definition) is 1. The van der Waals surface area contributed by atoms with Crippen molar-refractivity contribution in [2.45, 2.75) is 32.7 Å². The van der Waals surface area contributed by atoms with E-state index in [4.69, 9.17) is 17.3 Å². The highest BCUT2D eigenvalue weighted by Gasteiger charge is 2.10. The average molecular weight is 202 g/mol. The van der Waals surface area contributed by atoms with Gasteiger partial charge in [0.15, 0.2) is 0 Å². The highest BCUT2D eigenvalue weighted by atomic mass is 35.5. The summed E-state index contributed by atoms with van der Waals surface area (Å²) >= 11 is 5.98. The third kappa shape index (κ3) is 2.45. The highest BCUT2D eigenvalue weighted by molar-refractivity contribution is 6.29. The summed E-state index contributed by atoms with van der Waals surface area (Å²) in [5.74, 6) is 1.45. The van der Waals surface area contributed by atoms with Gasteiger partial charge in [-0.1, -0.05) is 25.4 Å². The number of rotatable bonds is 4. The maximum atomic E-state index is 5.98. The fourth-order valence-electron chi connectivity index (χ4n) is 1.30. The van der Waals surface area contributed by atoms with Crippen LogP contribution in [0, 0.1) is 0 Å². The Morgan fingerprint density at radius 3 is 2.85 bits per heavy atom. The lowest BCUT2D eigenvalue weighted by molar-refractivity contribution is 0.595. The van der Waals surface area contributed by atoms with Gasteiger partial charge in [0.1, 0.15) is 11.0 Å². The Bertz CT molecular complexity index is 268. The van der Waals surface area contributed by atoms with E-state index >= 15 is 0 Å². The zero-order valence-corrected chi connectivity index (χ0v) is 8.88. The van der Waals surface area contributed by atoms with E-state index in [0.29, 0.717) is 17.6 Å². The van der Waals surface area contributed by atoms with Gasteiger partial charge in [0.2, 0.25) is 0 Å². The van der Waals surface area contributed by atoms with Crippen LogP contribution in [0.3, 0.4) is 0 Å². The monoisotopic (exact) mass is 201 g/mol. The molecule has 13 heavy (non-hydrogen) atoms. The molecule has 0 aromatic carbocycles. The molecule has 1 rings (SSSR count). The summed E-state index contributed by atoms with van der Waals surface area (Å²) in [6, 6.07) is 0. The van der Waals surface area contributed by atoms with Crippen molar-refractivity contribution in [2.24, 2.45) is 5.73 Å². The van der Waals surface area contributed by atoms with Crippen molar-refractivity contribution in [2.75, 3.05) is 6.54 Å². The summed E-state index contributed by atoms with van der Waals surface area (Å²) in [6.45, 7) is 5.77. The molecule has 0 radical (unpaired) electrons. The molecule has 0 unspecified atom stereocenters. The molecule has 0 saturated heterocycles. The van der Waals surface area contributed by atoms with Crippen molar-refractivity contribution in [1.29, 1.82) is 0 Å². The van der Waals surface area contributed by atoms with Crippen LogP contribution in [0.15, 0.2) is 6.20 Å². The van der Waals surface area contributed by atoms with Gasteiger partial charge in [0.05, 0.1) is 6.20 Å². The second-order valence-corrected chi connectivity index (χ2v) is 3.77. The number of nitrogens with zero attached hydrogens (tertiary/aromatic N) is 2. The lowest BCUT2D eigenvalue weighted by atomic mass is 10.2. The highest BCUT2D eigenvalue weighted by Crippen LogP contribution is 2.18. The van der Waals surface area contributed by atoms with Crippen LogP contribution in [0.1, 0.15) is 32.0 Å².